The van der Waals surface area contributed by atoms with E-state index >= 15 is 0 Å². The van der Waals surface area contributed by atoms with Crippen molar-refractivity contribution in [3.63, 3.8) is 0 Å². The van der Waals surface area contributed by atoms with Gasteiger partial charge in [0.15, 0.2) is 0 Å². The summed E-state index contributed by atoms with van der Waals surface area (Å²) in [6.45, 7) is 2.09. The van der Waals surface area contributed by atoms with Crippen molar-refractivity contribution >= 4 is 16.3 Å². The van der Waals surface area contributed by atoms with E-state index in [0.717, 1.165) is 5.00 Å². The molecule has 0 saturated carbocycles. The molecule has 1 aromatic carbocycles. The van der Waals surface area contributed by atoms with Crippen LogP contribution in [-0.4, -0.2) is 0 Å². The molecule has 1 nitrogen and oxygen atoms in total. The Morgan fingerprint density at radius 3 is 2.31 bits per heavy atom. The Labute approximate surface area is 81.8 Å². The van der Waals surface area contributed by atoms with Crippen LogP contribution < -0.4 is 5.73 Å². The maximum Gasteiger partial charge on any atom is 0.0862 e. The molecule has 0 fully saturated rings. The molecule has 0 aliphatic heterocycles. The van der Waals surface area contributed by atoms with Gasteiger partial charge in [-0.05, 0) is 24.1 Å². The van der Waals surface area contributed by atoms with Crippen LogP contribution in [0.1, 0.15) is 5.56 Å². The molecule has 0 aliphatic carbocycles. The minimum atomic E-state index is 0.871. The van der Waals surface area contributed by atoms with Crippen LogP contribution in [0.4, 0.5) is 5.00 Å². The van der Waals surface area contributed by atoms with Crippen LogP contribution >= 0.6 is 11.3 Å². The molecule has 1 heterocycles. The van der Waals surface area contributed by atoms with Gasteiger partial charge in [-0.1, -0.05) is 29.8 Å². The van der Waals surface area contributed by atoms with Crippen LogP contribution in [-0.2, 0) is 0 Å². The van der Waals surface area contributed by atoms with Gasteiger partial charge in [-0.25, -0.2) is 0 Å². The number of aryl methyl sites for hydroxylation is 1. The number of hydrogen-bond acceptors (Lipinski definition) is 2. The first-order valence-electron chi connectivity index (χ1n) is 4.17. The average molecular weight is 189 g/mol. The van der Waals surface area contributed by atoms with E-state index in [0.29, 0.717) is 0 Å². The lowest BCUT2D eigenvalue weighted by Crippen LogP contribution is -1.76. The molecule has 1 aromatic heterocycles. The van der Waals surface area contributed by atoms with Crippen LogP contribution in [0.2, 0.25) is 0 Å². The molecular formula is C11H11NS. The van der Waals surface area contributed by atoms with Gasteiger partial charge in [0.25, 0.3) is 0 Å². The summed E-state index contributed by atoms with van der Waals surface area (Å²) in [5.41, 5.74) is 9.39. The predicted octanol–water partition coefficient (Wildman–Crippen LogP) is 3.31. The molecule has 2 N–H and O–H groups in total. The third-order valence-electron chi connectivity index (χ3n) is 2.00. The fourth-order valence-electron chi connectivity index (χ4n) is 1.25. The number of rotatable bonds is 1. The molecule has 66 valence electrons. The highest BCUT2D eigenvalue weighted by Gasteiger charge is 1.98. The lowest BCUT2D eigenvalue weighted by molar-refractivity contribution is 1.47. The van der Waals surface area contributed by atoms with Crippen molar-refractivity contribution in [3.8, 4) is 11.1 Å². The first-order valence-corrected chi connectivity index (χ1v) is 5.05. The second kappa shape index (κ2) is 3.23. The molecule has 0 unspecified atom stereocenters. The predicted molar refractivity (Wildman–Crippen MR) is 58.9 cm³/mol. The van der Waals surface area contributed by atoms with Gasteiger partial charge in [0.05, 0.1) is 5.00 Å². The van der Waals surface area contributed by atoms with Crippen molar-refractivity contribution < 1.29 is 0 Å². The maximum atomic E-state index is 5.66. The van der Waals surface area contributed by atoms with Crippen molar-refractivity contribution in [3.05, 3.63) is 41.3 Å². The molecule has 0 aliphatic rings. The summed E-state index contributed by atoms with van der Waals surface area (Å²) < 4.78 is 0. The van der Waals surface area contributed by atoms with Crippen LogP contribution in [0, 0.1) is 6.92 Å². The fraction of sp³-hybridized carbons (Fsp3) is 0.0909. The smallest absolute Gasteiger partial charge is 0.0862 e. The zero-order valence-electron chi connectivity index (χ0n) is 7.45. The summed E-state index contributed by atoms with van der Waals surface area (Å²) >= 11 is 1.58. The van der Waals surface area contributed by atoms with Gasteiger partial charge in [-0.15, -0.1) is 11.3 Å². The van der Waals surface area contributed by atoms with Crippen LogP contribution in [0.3, 0.4) is 0 Å². The van der Waals surface area contributed by atoms with E-state index in [-0.39, 0.29) is 0 Å². The Morgan fingerprint density at radius 2 is 1.77 bits per heavy atom. The second-order valence-electron chi connectivity index (χ2n) is 3.10. The molecule has 0 amide bonds. The van der Waals surface area contributed by atoms with Gasteiger partial charge in [-0.2, -0.15) is 0 Å². The Balaban J connectivity index is 2.41. The highest BCUT2D eigenvalue weighted by atomic mass is 32.1. The number of hydrogen-bond donors (Lipinski definition) is 1. The standard InChI is InChI=1S/C11H11NS/c1-8-2-4-9(5-3-8)10-6-11(12)13-7-10/h2-7H,12H2,1H3. The monoisotopic (exact) mass is 189 g/mol. The molecule has 13 heavy (non-hydrogen) atoms. The topological polar surface area (TPSA) is 26.0 Å². The Hall–Kier alpha value is -1.28. The quantitative estimate of drug-likeness (QED) is 0.731. The van der Waals surface area contributed by atoms with E-state index in [4.69, 9.17) is 5.73 Å². The maximum absolute atomic E-state index is 5.66. The zero-order valence-corrected chi connectivity index (χ0v) is 8.27. The highest BCUT2D eigenvalue weighted by molar-refractivity contribution is 7.14. The van der Waals surface area contributed by atoms with Crippen LogP contribution in [0.5, 0.6) is 0 Å². The van der Waals surface area contributed by atoms with Crippen molar-refractivity contribution in [2.75, 3.05) is 5.73 Å². The van der Waals surface area contributed by atoms with E-state index < -0.39 is 0 Å². The zero-order chi connectivity index (χ0) is 9.26. The van der Waals surface area contributed by atoms with Gasteiger partial charge in [0, 0.05) is 5.38 Å². The number of anilines is 1. The lowest BCUT2D eigenvalue weighted by Gasteiger charge is -1.97. The molecular weight excluding hydrogens is 178 g/mol. The van der Waals surface area contributed by atoms with Gasteiger partial charge in [-0.3, -0.25) is 0 Å². The first kappa shape index (κ1) is 8.32. The molecule has 2 heteroatoms. The Morgan fingerprint density at radius 1 is 1.08 bits per heavy atom. The van der Waals surface area contributed by atoms with E-state index in [1.807, 2.05) is 6.07 Å². The molecule has 0 spiro atoms. The Bertz CT molecular complexity index is 400. The van der Waals surface area contributed by atoms with Crippen molar-refractivity contribution in [2.24, 2.45) is 0 Å². The largest absolute Gasteiger partial charge is 0.391 e. The van der Waals surface area contributed by atoms with Crippen molar-refractivity contribution in [1.82, 2.24) is 0 Å². The highest BCUT2D eigenvalue weighted by Crippen LogP contribution is 2.26. The van der Waals surface area contributed by atoms with E-state index in [1.165, 1.54) is 16.7 Å². The first-order chi connectivity index (χ1) is 6.25. The summed E-state index contributed by atoms with van der Waals surface area (Å²) in [7, 11) is 0. The SMILES string of the molecule is Cc1ccc(-c2csc(N)c2)cc1. The van der Waals surface area contributed by atoms with Gasteiger partial charge in [0.1, 0.15) is 0 Å². The summed E-state index contributed by atoms with van der Waals surface area (Å²) in [4.78, 5) is 0. The molecule has 2 aromatic rings. The summed E-state index contributed by atoms with van der Waals surface area (Å²) in [5, 5.41) is 2.95. The molecule has 0 radical (unpaired) electrons. The Kier molecular flexibility index (Phi) is 2.07. The minimum absolute atomic E-state index is 0.871. The lowest BCUT2D eigenvalue weighted by atomic mass is 10.1. The van der Waals surface area contributed by atoms with E-state index in [2.05, 4.69) is 36.6 Å². The van der Waals surface area contributed by atoms with Crippen molar-refractivity contribution in [2.45, 2.75) is 6.92 Å². The minimum Gasteiger partial charge on any atom is -0.391 e. The van der Waals surface area contributed by atoms with Gasteiger partial charge in [0.2, 0.25) is 0 Å². The van der Waals surface area contributed by atoms with Crippen LogP contribution in [0.15, 0.2) is 35.7 Å². The van der Waals surface area contributed by atoms with Crippen molar-refractivity contribution in [1.29, 1.82) is 0 Å². The van der Waals surface area contributed by atoms with Gasteiger partial charge < -0.3 is 5.73 Å². The van der Waals surface area contributed by atoms with E-state index in [9.17, 15) is 0 Å². The number of benzene rings is 1. The summed E-state index contributed by atoms with van der Waals surface area (Å²) in [6, 6.07) is 10.5. The number of nitrogen functional groups attached to an aromatic ring is 1. The molecule has 2 rings (SSSR count). The number of thiophene rings is 1. The summed E-state index contributed by atoms with van der Waals surface area (Å²) in [5.74, 6) is 0. The fourth-order valence-corrected chi connectivity index (χ4v) is 1.91. The van der Waals surface area contributed by atoms with Crippen LogP contribution in [0.25, 0.3) is 11.1 Å². The third-order valence-corrected chi connectivity index (χ3v) is 2.77. The molecule has 0 atom stereocenters. The normalized spacial score (nSPS) is 10.2. The number of nitrogens with two attached hydrogens (primary N) is 1. The average Bonchev–Trinajstić information content (AvgIpc) is 2.53. The third kappa shape index (κ3) is 1.73. The molecule has 0 saturated heterocycles. The van der Waals surface area contributed by atoms with E-state index in [1.54, 1.807) is 11.3 Å². The summed E-state index contributed by atoms with van der Waals surface area (Å²) in [6.07, 6.45) is 0. The second-order valence-corrected chi connectivity index (χ2v) is 4.05. The molecule has 0 bridgehead atoms. The van der Waals surface area contributed by atoms with Gasteiger partial charge >= 0.3 is 0 Å².